The fourth-order valence-corrected chi connectivity index (χ4v) is 4.69. The second-order valence-corrected chi connectivity index (χ2v) is 8.11. The van der Waals surface area contributed by atoms with Crippen LogP contribution in [0.3, 0.4) is 0 Å². The molecule has 6 rings (SSSR count). The molecule has 1 atom stereocenters. The zero-order valence-corrected chi connectivity index (χ0v) is 18.2. The first-order valence-electron chi connectivity index (χ1n) is 11.0. The summed E-state index contributed by atoms with van der Waals surface area (Å²) in [4.78, 5) is 5.02. The van der Waals surface area contributed by atoms with Gasteiger partial charge in [-0.25, -0.2) is 4.99 Å². The van der Waals surface area contributed by atoms with Crippen molar-refractivity contribution in [2.75, 3.05) is 7.11 Å². The van der Waals surface area contributed by atoms with E-state index in [1.165, 1.54) is 5.56 Å². The lowest BCUT2D eigenvalue weighted by Gasteiger charge is -2.27. The maximum absolute atomic E-state index is 5.79. The third kappa shape index (κ3) is 3.29. The summed E-state index contributed by atoms with van der Waals surface area (Å²) in [6.07, 6.45) is 0.708. The molecule has 0 saturated carbocycles. The van der Waals surface area contributed by atoms with Gasteiger partial charge in [-0.3, -0.25) is 4.57 Å². The fourth-order valence-electron chi connectivity index (χ4n) is 4.69. The number of rotatable bonds is 4. The van der Waals surface area contributed by atoms with Crippen LogP contribution in [-0.2, 0) is 0 Å². The summed E-state index contributed by atoms with van der Waals surface area (Å²) < 4.78 is 7.94. The summed E-state index contributed by atoms with van der Waals surface area (Å²) >= 11 is 0. The Balaban J connectivity index is 1.59. The van der Waals surface area contributed by atoms with Crippen LogP contribution in [0, 0.1) is 0 Å². The molecule has 0 saturated heterocycles. The van der Waals surface area contributed by atoms with Crippen LogP contribution in [0.1, 0.15) is 23.6 Å². The Morgan fingerprint density at radius 3 is 2.30 bits per heavy atom. The highest BCUT2D eigenvalue weighted by atomic mass is 16.5. The molecule has 1 aliphatic rings. The minimum absolute atomic E-state index is 0.0163. The van der Waals surface area contributed by atoms with Gasteiger partial charge in [0.1, 0.15) is 5.75 Å². The molecule has 0 aliphatic carbocycles. The number of hydrogen-bond acceptors (Lipinski definition) is 4. The van der Waals surface area contributed by atoms with Crippen molar-refractivity contribution in [3.63, 3.8) is 0 Å². The lowest BCUT2D eigenvalue weighted by atomic mass is 9.92. The topological polar surface area (TPSA) is 52.3 Å². The van der Waals surface area contributed by atoms with Crippen LogP contribution < -0.4 is 4.74 Å². The molecule has 0 amide bonds. The first-order valence-corrected chi connectivity index (χ1v) is 11.0. The Morgan fingerprint density at radius 1 is 0.788 bits per heavy atom. The quantitative estimate of drug-likeness (QED) is 0.340. The molecule has 0 spiro atoms. The van der Waals surface area contributed by atoms with Gasteiger partial charge >= 0.3 is 0 Å². The molecule has 5 aromatic rings. The summed E-state index contributed by atoms with van der Waals surface area (Å²) in [7, 11) is 1.71. The number of fused-ring (bicyclic) bond motifs is 2. The molecule has 5 nitrogen and oxygen atoms in total. The summed E-state index contributed by atoms with van der Waals surface area (Å²) in [5.41, 5.74) is 4.20. The van der Waals surface area contributed by atoms with Gasteiger partial charge in [0.15, 0.2) is 5.82 Å². The minimum atomic E-state index is 0.0163. The monoisotopic (exact) mass is 430 g/mol. The Kier molecular flexibility index (Phi) is 4.73. The number of nitrogens with zero attached hydrogens (tertiary/aromatic N) is 4. The lowest BCUT2D eigenvalue weighted by Crippen LogP contribution is -2.21. The third-order valence-electron chi connectivity index (χ3n) is 6.23. The van der Waals surface area contributed by atoms with Crippen molar-refractivity contribution in [1.29, 1.82) is 0 Å². The van der Waals surface area contributed by atoms with Gasteiger partial charge < -0.3 is 4.74 Å². The highest BCUT2D eigenvalue weighted by Gasteiger charge is 2.30. The SMILES string of the molecule is COc1ccc2ccccc2c1C1=Nc2nnc(-c3ccccc3)n2C(c2ccccc2)C1. The molecule has 1 aliphatic heterocycles. The molecule has 1 unspecified atom stereocenters. The lowest BCUT2D eigenvalue weighted by molar-refractivity contribution is 0.414. The Bertz CT molecular complexity index is 1470. The standard InChI is InChI=1S/C28H22N4O/c1-33-25-17-16-19-10-8-9-15-22(19)26(25)23-18-24(20-11-4-2-5-12-20)32-27(30-31-28(32)29-23)21-13-6-3-7-14-21/h2-17,24H,18H2,1H3. The number of aromatic nitrogens is 3. The van der Waals surface area contributed by atoms with E-state index in [2.05, 4.69) is 81.5 Å². The van der Waals surface area contributed by atoms with Crippen molar-refractivity contribution in [2.24, 2.45) is 4.99 Å². The maximum atomic E-state index is 5.79. The van der Waals surface area contributed by atoms with Crippen molar-refractivity contribution < 1.29 is 4.74 Å². The van der Waals surface area contributed by atoms with Gasteiger partial charge in [0, 0.05) is 17.5 Å². The molecule has 0 radical (unpaired) electrons. The Morgan fingerprint density at radius 2 is 1.52 bits per heavy atom. The smallest absolute Gasteiger partial charge is 0.251 e. The van der Waals surface area contributed by atoms with Crippen LogP contribution in [0.25, 0.3) is 22.2 Å². The largest absolute Gasteiger partial charge is 0.496 e. The number of aliphatic imine (C=N–C) groups is 1. The summed E-state index contributed by atoms with van der Waals surface area (Å²) in [6, 6.07) is 33.2. The molecule has 0 bridgehead atoms. The zero-order valence-electron chi connectivity index (χ0n) is 18.2. The van der Waals surface area contributed by atoms with E-state index < -0.39 is 0 Å². The Labute approximate surface area is 192 Å². The van der Waals surface area contributed by atoms with E-state index in [1.54, 1.807) is 7.11 Å². The number of hydrogen-bond donors (Lipinski definition) is 0. The molecule has 0 N–H and O–H groups in total. The molecule has 4 aromatic carbocycles. The van der Waals surface area contributed by atoms with Crippen molar-refractivity contribution in [1.82, 2.24) is 14.8 Å². The van der Waals surface area contributed by atoms with Crippen LogP contribution >= 0.6 is 0 Å². The predicted molar refractivity (Wildman–Crippen MR) is 131 cm³/mol. The van der Waals surface area contributed by atoms with E-state index in [9.17, 15) is 0 Å². The normalized spacial score (nSPS) is 15.2. The summed E-state index contributed by atoms with van der Waals surface area (Å²) in [6.45, 7) is 0. The maximum Gasteiger partial charge on any atom is 0.251 e. The molecule has 0 fully saturated rings. The Hall–Kier alpha value is -4.25. The van der Waals surface area contributed by atoms with E-state index in [4.69, 9.17) is 9.73 Å². The zero-order chi connectivity index (χ0) is 22.2. The molecule has 1 aromatic heterocycles. The first kappa shape index (κ1) is 19.4. The van der Waals surface area contributed by atoms with Gasteiger partial charge in [-0.15, -0.1) is 10.2 Å². The van der Waals surface area contributed by atoms with E-state index in [1.807, 2.05) is 30.3 Å². The first-order chi connectivity index (χ1) is 16.3. The second-order valence-electron chi connectivity index (χ2n) is 8.11. The van der Waals surface area contributed by atoms with Gasteiger partial charge in [0.05, 0.1) is 18.9 Å². The average Bonchev–Trinajstić information content (AvgIpc) is 3.32. The van der Waals surface area contributed by atoms with Crippen LogP contribution in [0.5, 0.6) is 5.75 Å². The van der Waals surface area contributed by atoms with Crippen LogP contribution in [0.4, 0.5) is 5.95 Å². The molecular formula is C28H22N4O. The highest BCUT2D eigenvalue weighted by Crippen LogP contribution is 2.40. The summed E-state index contributed by atoms with van der Waals surface area (Å²) in [5.74, 6) is 2.25. The molecule has 2 heterocycles. The van der Waals surface area contributed by atoms with Gasteiger partial charge in [0.2, 0.25) is 0 Å². The molecule has 5 heteroatoms. The van der Waals surface area contributed by atoms with Crippen molar-refractivity contribution in [3.8, 4) is 17.1 Å². The van der Waals surface area contributed by atoms with E-state index in [0.29, 0.717) is 12.4 Å². The van der Waals surface area contributed by atoms with E-state index >= 15 is 0 Å². The van der Waals surface area contributed by atoms with Gasteiger partial charge in [0.25, 0.3) is 5.95 Å². The van der Waals surface area contributed by atoms with Crippen LogP contribution in [0.15, 0.2) is 102 Å². The van der Waals surface area contributed by atoms with E-state index in [-0.39, 0.29) is 6.04 Å². The van der Waals surface area contributed by atoms with Crippen LogP contribution in [-0.4, -0.2) is 27.6 Å². The predicted octanol–water partition coefficient (Wildman–Crippen LogP) is 6.22. The van der Waals surface area contributed by atoms with Crippen molar-refractivity contribution >= 4 is 22.4 Å². The van der Waals surface area contributed by atoms with Gasteiger partial charge in [-0.05, 0) is 22.4 Å². The fraction of sp³-hybridized carbons (Fsp3) is 0.107. The highest BCUT2D eigenvalue weighted by molar-refractivity contribution is 6.14. The van der Waals surface area contributed by atoms with E-state index in [0.717, 1.165) is 39.2 Å². The third-order valence-corrected chi connectivity index (χ3v) is 6.23. The van der Waals surface area contributed by atoms with Gasteiger partial charge in [-0.2, -0.15) is 0 Å². The van der Waals surface area contributed by atoms with Crippen LogP contribution in [0.2, 0.25) is 0 Å². The number of methoxy groups -OCH3 is 1. The van der Waals surface area contributed by atoms with Crippen molar-refractivity contribution in [2.45, 2.75) is 12.5 Å². The molecular weight excluding hydrogens is 408 g/mol. The molecule has 33 heavy (non-hydrogen) atoms. The van der Waals surface area contributed by atoms with Crippen molar-refractivity contribution in [3.05, 3.63) is 108 Å². The number of benzene rings is 4. The minimum Gasteiger partial charge on any atom is -0.496 e. The average molecular weight is 431 g/mol. The number of ether oxygens (including phenoxy) is 1. The summed E-state index contributed by atoms with van der Waals surface area (Å²) in [5, 5.41) is 11.3. The van der Waals surface area contributed by atoms with Gasteiger partial charge in [-0.1, -0.05) is 91.0 Å². The second kappa shape index (κ2) is 8.02. The molecule has 160 valence electrons.